The molecule has 0 spiro atoms. The van der Waals surface area contributed by atoms with E-state index >= 15 is 13.6 Å². The molecule has 2 aliphatic heterocycles. The zero-order valence-electron chi connectivity index (χ0n) is 38.3. The maximum absolute atomic E-state index is 16.3. The van der Waals surface area contributed by atoms with E-state index in [-0.39, 0.29) is 40.1 Å². The Balaban J connectivity index is 1.06. The Morgan fingerprint density at radius 2 is 1.68 bits per heavy atom. The number of aryl methyl sites for hydroxylation is 3. The predicted molar refractivity (Wildman–Crippen MR) is 247 cm³/mol. The number of ether oxygens (including phenoxy) is 1. The molecule has 346 valence electrons. The molecule has 6 aromatic heterocycles. The van der Waals surface area contributed by atoms with Gasteiger partial charge in [-0.2, -0.15) is 15.3 Å². The van der Waals surface area contributed by atoms with E-state index in [1.165, 1.54) is 33.8 Å². The molecule has 0 radical (unpaired) electrons. The Morgan fingerprint density at radius 3 is 2.40 bits per heavy atom. The van der Waals surface area contributed by atoms with Crippen molar-refractivity contribution in [1.29, 1.82) is 0 Å². The smallest absolute Gasteiger partial charge is 0.376 e. The van der Waals surface area contributed by atoms with E-state index < -0.39 is 34.8 Å². The lowest BCUT2D eigenvalue weighted by molar-refractivity contribution is -0.0592. The van der Waals surface area contributed by atoms with E-state index in [9.17, 15) is 9.59 Å². The first-order chi connectivity index (χ1) is 32.6. The highest BCUT2D eigenvalue weighted by Gasteiger charge is 2.59. The number of hydrogen-bond acceptors (Lipinski definition) is 9. The number of carbonyl (C=O) groups excluding carboxylic acids is 1. The SMILES string of the molecule is Cc1cc(-n2nc3c(c2-n2ccn(-c4ccc5c(cnn5C)c4F)c2=O)[C@H](C)N(C(=O)c2cc4cc([C@H]5CCOC(C)(C)C5)ccc4n2[C@@]2(c4noc(=O)[nH]4)C[C@@H]2C)c2[nH]ncc2-3)cc(C)c1F. The molecular formula is C49H46F2N12O5. The lowest BCUT2D eigenvalue weighted by Crippen LogP contribution is -2.39. The number of benzene rings is 3. The Morgan fingerprint density at radius 1 is 0.926 bits per heavy atom. The summed E-state index contributed by atoms with van der Waals surface area (Å²) in [6, 6.07) is 13.9. The van der Waals surface area contributed by atoms with Gasteiger partial charge < -0.3 is 9.30 Å². The summed E-state index contributed by atoms with van der Waals surface area (Å²) < 4.78 is 50.3. The quantitative estimate of drug-likeness (QED) is 0.161. The maximum Gasteiger partial charge on any atom is 0.438 e. The van der Waals surface area contributed by atoms with Gasteiger partial charge in [-0.05, 0) is 125 Å². The summed E-state index contributed by atoms with van der Waals surface area (Å²) in [5.74, 6) is -1.01. The molecule has 0 unspecified atom stereocenters. The third-order valence-electron chi connectivity index (χ3n) is 14.5. The molecule has 17 nitrogen and oxygen atoms in total. The van der Waals surface area contributed by atoms with Crippen molar-refractivity contribution in [2.24, 2.45) is 13.0 Å². The van der Waals surface area contributed by atoms with Crippen LogP contribution in [0.25, 0.3) is 50.3 Å². The van der Waals surface area contributed by atoms with Crippen molar-refractivity contribution in [1.82, 2.24) is 53.6 Å². The van der Waals surface area contributed by atoms with Crippen molar-refractivity contribution < 1.29 is 22.8 Å². The molecule has 0 bridgehead atoms. The monoisotopic (exact) mass is 920 g/mol. The Bertz CT molecular complexity index is 3690. The van der Waals surface area contributed by atoms with E-state index in [1.807, 2.05) is 30.5 Å². The third-order valence-corrected chi connectivity index (χ3v) is 14.5. The molecular weight excluding hydrogens is 875 g/mol. The van der Waals surface area contributed by atoms with Crippen molar-refractivity contribution in [3.05, 3.63) is 140 Å². The fraction of sp³-hybridized carbons (Fsp3) is 0.327. The minimum absolute atomic E-state index is 0.0119. The fourth-order valence-corrected chi connectivity index (χ4v) is 11.1. The van der Waals surface area contributed by atoms with Crippen LogP contribution in [0, 0.1) is 31.4 Å². The van der Waals surface area contributed by atoms with Crippen LogP contribution in [0.2, 0.25) is 0 Å². The summed E-state index contributed by atoms with van der Waals surface area (Å²) >= 11 is 0. The van der Waals surface area contributed by atoms with Gasteiger partial charge in [0.2, 0.25) is 0 Å². The van der Waals surface area contributed by atoms with E-state index in [0.717, 1.165) is 29.3 Å². The summed E-state index contributed by atoms with van der Waals surface area (Å²) in [7, 11) is 1.71. The number of nitrogens with zero attached hydrogens (tertiary/aromatic N) is 10. The summed E-state index contributed by atoms with van der Waals surface area (Å²) in [6.45, 7) is 12.0. The minimum Gasteiger partial charge on any atom is -0.376 e. The molecule has 2 fully saturated rings. The van der Waals surface area contributed by atoms with Crippen molar-refractivity contribution in [3.63, 3.8) is 0 Å². The number of anilines is 1. The Labute approximate surface area is 385 Å². The molecule has 3 aromatic carbocycles. The van der Waals surface area contributed by atoms with Gasteiger partial charge in [-0.15, -0.1) is 0 Å². The number of imidazole rings is 1. The number of carbonyl (C=O) groups is 1. The second-order valence-corrected chi connectivity index (χ2v) is 19.2. The van der Waals surface area contributed by atoms with Crippen molar-refractivity contribution in [2.75, 3.05) is 11.5 Å². The van der Waals surface area contributed by atoms with Gasteiger partial charge in [0.05, 0.1) is 51.9 Å². The third kappa shape index (κ3) is 5.90. The van der Waals surface area contributed by atoms with Crippen molar-refractivity contribution >= 4 is 33.5 Å². The second kappa shape index (κ2) is 14.4. The van der Waals surface area contributed by atoms with Gasteiger partial charge in [-0.25, -0.2) is 23.1 Å². The molecule has 1 saturated heterocycles. The summed E-state index contributed by atoms with van der Waals surface area (Å²) in [4.78, 5) is 47.7. The molecule has 1 amide bonds. The summed E-state index contributed by atoms with van der Waals surface area (Å²) in [6.07, 6.45) is 8.25. The van der Waals surface area contributed by atoms with Crippen LogP contribution >= 0.6 is 0 Å². The highest BCUT2D eigenvalue weighted by molar-refractivity contribution is 6.11. The molecule has 4 atom stereocenters. The molecule has 9 aromatic rings. The number of fused-ring (bicyclic) bond motifs is 5. The van der Waals surface area contributed by atoms with Crippen molar-refractivity contribution in [2.45, 2.75) is 83.9 Å². The van der Waals surface area contributed by atoms with E-state index in [0.29, 0.717) is 69.5 Å². The van der Waals surface area contributed by atoms with Crippen LogP contribution < -0.4 is 16.3 Å². The minimum atomic E-state index is -0.930. The number of rotatable bonds is 7. The molecule has 12 rings (SSSR count). The highest BCUT2D eigenvalue weighted by Crippen LogP contribution is 2.56. The van der Waals surface area contributed by atoms with E-state index in [2.05, 4.69) is 51.4 Å². The highest BCUT2D eigenvalue weighted by atomic mass is 19.1. The zero-order valence-corrected chi connectivity index (χ0v) is 38.3. The van der Waals surface area contributed by atoms with Gasteiger partial charge in [0.1, 0.15) is 28.6 Å². The van der Waals surface area contributed by atoms with Crippen LogP contribution in [0.5, 0.6) is 0 Å². The number of H-pyrrole nitrogens is 2. The molecule has 19 heteroatoms. The van der Waals surface area contributed by atoms with E-state index in [1.54, 1.807) is 59.6 Å². The summed E-state index contributed by atoms with van der Waals surface area (Å²) in [5.41, 5.74) is 3.51. The predicted octanol–water partition coefficient (Wildman–Crippen LogP) is 7.79. The second-order valence-electron chi connectivity index (χ2n) is 19.2. The molecule has 8 heterocycles. The van der Waals surface area contributed by atoms with Gasteiger partial charge in [-0.1, -0.05) is 18.1 Å². The van der Waals surface area contributed by atoms with Crippen LogP contribution in [0.15, 0.2) is 87.4 Å². The number of amides is 1. The van der Waals surface area contributed by atoms with Gasteiger partial charge in [-0.3, -0.25) is 38.1 Å². The number of hydrogen-bond donors (Lipinski definition) is 2. The maximum atomic E-state index is 16.3. The van der Waals surface area contributed by atoms with Crippen LogP contribution in [0.1, 0.15) is 97.5 Å². The lowest BCUT2D eigenvalue weighted by atomic mass is 9.83. The fourth-order valence-electron chi connectivity index (χ4n) is 11.1. The zero-order chi connectivity index (χ0) is 47.3. The van der Waals surface area contributed by atoms with Gasteiger partial charge in [0.25, 0.3) is 5.91 Å². The molecule has 1 aliphatic carbocycles. The van der Waals surface area contributed by atoms with Crippen LogP contribution in [-0.4, -0.2) is 71.7 Å². The standard InChI is InChI=1S/C49H46F2N12O5/c1-24-16-31(17-25(2)39(24)50)63-43(60-14-13-59(47(60)66)36-11-10-35-32(40(36)51)23-53-58(35)7)38-27(4)61(42-33(22-52-55-42)41(38)56-63)44(64)37-19-30-18-28(29-12-15-67-48(5,6)21-29)8-9-34(30)62(37)49(20-26(49)3)45-54-46(65)68-57-45/h8-11,13-14,16-19,22-23,26-27,29H,12,15,20-21H2,1-7H3,(H,52,55)(H,54,57,65)/t26-,27-,29-,49-/m0/s1. The number of nitrogens with one attached hydrogen (secondary N) is 2. The first kappa shape index (κ1) is 41.7. The molecule has 3 aliphatic rings. The first-order valence-electron chi connectivity index (χ1n) is 22.6. The Hall–Kier alpha value is -7.67. The Kier molecular flexibility index (Phi) is 8.85. The van der Waals surface area contributed by atoms with Crippen LogP contribution in [0.3, 0.4) is 0 Å². The number of aromatic nitrogens is 11. The van der Waals surface area contributed by atoms with Gasteiger partial charge >= 0.3 is 11.4 Å². The first-order valence-corrected chi connectivity index (χ1v) is 22.6. The normalized spacial score (nSPS) is 20.9. The topological polar surface area (TPSA) is 185 Å². The largest absolute Gasteiger partial charge is 0.438 e. The van der Waals surface area contributed by atoms with Gasteiger partial charge in [0.15, 0.2) is 17.5 Å². The van der Waals surface area contributed by atoms with Crippen molar-refractivity contribution in [3.8, 4) is 28.5 Å². The van der Waals surface area contributed by atoms with Crippen LogP contribution in [0.4, 0.5) is 14.6 Å². The number of aromatic amines is 2. The molecule has 1 saturated carbocycles. The summed E-state index contributed by atoms with van der Waals surface area (Å²) in [5, 5.41) is 22.1. The average molecular weight is 921 g/mol. The number of halogens is 2. The van der Waals surface area contributed by atoms with Crippen LogP contribution in [-0.2, 0) is 17.3 Å². The average Bonchev–Trinajstić information content (AvgIpc) is 4.06. The molecule has 2 N–H and O–H groups in total. The lowest BCUT2D eigenvalue weighted by Gasteiger charge is -2.35. The van der Waals surface area contributed by atoms with E-state index in [4.69, 9.17) is 14.4 Å². The van der Waals surface area contributed by atoms with Gasteiger partial charge in [0, 0.05) is 42.5 Å². The molecule has 68 heavy (non-hydrogen) atoms.